The molecular weight excluding hydrogens is 595 g/mol. The van der Waals surface area contributed by atoms with Crippen molar-refractivity contribution in [1.82, 2.24) is 20.4 Å². The van der Waals surface area contributed by atoms with Gasteiger partial charge in [0.1, 0.15) is 11.6 Å². The Balaban J connectivity index is 1.28. The number of benzene rings is 2. The first kappa shape index (κ1) is 30.2. The SMILES string of the molecule is CC[C@H]1CCN(/C(=N\C#N)NC[C@H](NC(=O)c2c(Cl)cc3c(c2Cl)CCN(C(=O)c2ccc4ccoc4c2)C3)C(=O)O)C1. The molecule has 224 valence electrons. The summed E-state index contributed by atoms with van der Waals surface area (Å²) in [4.78, 5) is 46.0. The Morgan fingerprint density at radius 1 is 1.21 bits per heavy atom. The van der Waals surface area contributed by atoms with Crippen molar-refractivity contribution in [2.45, 2.75) is 38.8 Å². The maximum absolute atomic E-state index is 13.3. The fourth-order valence-corrected chi connectivity index (χ4v) is 6.32. The number of hydrogen-bond donors (Lipinski definition) is 3. The lowest BCUT2D eigenvalue weighted by Gasteiger charge is -2.30. The number of hydrogen-bond acceptors (Lipinski definition) is 6. The van der Waals surface area contributed by atoms with E-state index in [-0.39, 0.29) is 40.6 Å². The van der Waals surface area contributed by atoms with Gasteiger partial charge in [0.2, 0.25) is 12.2 Å². The van der Waals surface area contributed by atoms with E-state index in [4.69, 9.17) is 32.9 Å². The van der Waals surface area contributed by atoms with Crippen LogP contribution in [0.5, 0.6) is 0 Å². The Labute approximate surface area is 258 Å². The molecule has 2 aliphatic rings. The number of carboxylic acids is 1. The average Bonchev–Trinajstić information content (AvgIpc) is 3.67. The molecule has 0 spiro atoms. The molecule has 1 fully saturated rings. The van der Waals surface area contributed by atoms with Gasteiger partial charge in [0.05, 0.1) is 21.9 Å². The largest absolute Gasteiger partial charge is 0.480 e. The van der Waals surface area contributed by atoms with Gasteiger partial charge < -0.3 is 30.0 Å². The zero-order valence-electron chi connectivity index (χ0n) is 23.4. The molecule has 3 N–H and O–H groups in total. The third-order valence-electron chi connectivity index (χ3n) is 8.01. The summed E-state index contributed by atoms with van der Waals surface area (Å²) >= 11 is 13.2. The summed E-state index contributed by atoms with van der Waals surface area (Å²) in [6.45, 7) is 3.88. The summed E-state index contributed by atoms with van der Waals surface area (Å²) < 4.78 is 5.43. The number of aliphatic imine (C=N–C) groups is 1. The smallest absolute Gasteiger partial charge is 0.328 e. The first-order chi connectivity index (χ1) is 20.7. The van der Waals surface area contributed by atoms with Crippen LogP contribution in [-0.4, -0.2) is 70.9 Å². The molecule has 1 aromatic heterocycles. The van der Waals surface area contributed by atoms with Crippen molar-refractivity contribution >= 4 is 57.9 Å². The van der Waals surface area contributed by atoms with Crippen LogP contribution in [0.1, 0.15) is 51.6 Å². The third-order valence-corrected chi connectivity index (χ3v) is 8.72. The van der Waals surface area contributed by atoms with Crippen molar-refractivity contribution < 1.29 is 23.9 Å². The molecule has 0 aliphatic carbocycles. The molecule has 2 aliphatic heterocycles. The minimum Gasteiger partial charge on any atom is -0.480 e. The maximum Gasteiger partial charge on any atom is 0.328 e. The summed E-state index contributed by atoms with van der Waals surface area (Å²) in [5.41, 5.74) is 2.46. The summed E-state index contributed by atoms with van der Waals surface area (Å²) in [6.07, 6.45) is 5.64. The van der Waals surface area contributed by atoms with E-state index in [9.17, 15) is 19.5 Å². The minimum atomic E-state index is -1.36. The van der Waals surface area contributed by atoms with Crippen LogP contribution in [0.15, 0.2) is 46.0 Å². The van der Waals surface area contributed by atoms with E-state index < -0.39 is 17.9 Å². The van der Waals surface area contributed by atoms with Gasteiger partial charge in [-0.2, -0.15) is 5.26 Å². The fourth-order valence-electron chi connectivity index (χ4n) is 5.56. The van der Waals surface area contributed by atoms with Crippen molar-refractivity contribution in [1.29, 1.82) is 5.26 Å². The second-order valence-corrected chi connectivity index (χ2v) is 11.4. The van der Waals surface area contributed by atoms with Gasteiger partial charge in [0.25, 0.3) is 11.8 Å². The highest BCUT2D eigenvalue weighted by Gasteiger charge is 2.31. The predicted molar refractivity (Wildman–Crippen MR) is 161 cm³/mol. The van der Waals surface area contributed by atoms with Gasteiger partial charge in [-0.25, -0.2) is 4.79 Å². The molecule has 13 heteroatoms. The normalized spacial score (nSPS) is 17.3. The van der Waals surface area contributed by atoms with E-state index in [1.807, 2.05) is 17.0 Å². The van der Waals surface area contributed by atoms with Gasteiger partial charge in [-0.05, 0) is 54.2 Å². The second-order valence-electron chi connectivity index (χ2n) is 10.6. The van der Waals surface area contributed by atoms with E-state index >= 15 is 0 Å². The van der Waals surface area contributed by atoms with E-state index in [2.05, 4.69) is 22.5 Å². The molecule has 11 nitrogen and oxygen atoms in total. The number of rotatable bonds is 7. The summed E-state index contributed by atoms with van der Waals surface area (Å²) in [7, 11) is 0. The van der Waals surface area contributed by atoms with Crippen molar-refractivity contribution in [2.75, 3.05) is 26.2 Å². The number of carboxylic acid groups (broad SMARTS) is 1. The number of amides is 2. The first-order valence-corrected chi connectivity index (χ1v) is 14.7. The van der Waals surface area contributed by atoms with Crippen LogP contribution in [-0.2, 0) is 17.8 Å². The molecule has 0 bridgehead atoms. The number of fused-ring (bicyclic) bond motifs is 2. The summed E-state index contributed by atoms with van der Waals surface area (Å²) in [5, 5.41) is 25.4. The third kappa shape index (κ3) is 6.40. The molecule has 43 heavy (non-hydrogen) atoms. The Bertz CT molecular complexity index is 1650. The quantitative estimate of drug-likeness (QED) is 0.200. The second kappa shape index (κ2) is 12.9. The molecule has 0 radical (unpaired) electrons. The lowest BCUT2D eigenvalue weighted by atomic mass is 9.96. The van der Waals surface area contributed by atoms with E-state index in [1.165, 1.54) is 0 Å². The van der Waals surface area contributed by atoms with Crippen molar-refractivity contribution in [3.63, 3.8) is 0 Å². The maximum atomic E-state index is 13.3. The number of likely N-dealkylation sites (tertiary alicyclic amines) is 1. The van der Waals surface area contributed by atoms with Crippen molar-refractivity contribution in [3.8, 4) is 6.19 Å². The van der Waals surface area contributed by atoms with Gasteiger partial charge in [-0.1, -0.05) is 42.6 Å². The molecule has 1 saturated heterocycles. The topological polar surface area (TPSA) is 151 Å². The summed E-state index contributed by atoms with van der Waals surface area (Å²) in [6, 6.07) is 7.34. The molecule has 0 saturated carbocycles. The van der Waals surface area contributed by atoms with Crippen LogP contribution in [0.2, 0.25) is 10.0 Å². The number of guanidine groups is 1. The zero-order chi connectivity index (χ0) is 30.7. The molecule has 3 aromatic rings. The number of carbonyl (C=O) groups is 3. The Hall–Kier alpha value is -4.27. The molecule has 5 rings (SSSR count). The Morgan fingerprint density at radius 2 is 2.02 bits per heavy atom. The highest BCUT2D eigenvalue weighted by atomic mass is 35.5. The van der Waals surface area contributed by atoms with E-state index in [0.717, 1.165) is 18.2 Å². The molecule has 3 heterocycles. The molecule has 2 atom stereocenters. The number of carbonyl (C=O) groups excluding carboxylic acids is 2. The van der Waals surface area contributed by atoms with Crippen molar-refractivity contribution in [3.05, 3.63) is 68.9 Å². The molecule has 2 aromatic carbocycles. The van der Waals surface area contributed by atoms with Crippen molar-refractivity contribution in [2.24, 2.45) is 10.9 Å². The number of nitrogens with zero attached hydrogens (tertiary/aromatic N) is 4. The molecule has 0 unspecified atom stereocenters. The van der Waals surface area contributed by atoms with Crippen LogP contribution < -0.4 is 10.6 Å². The number of nitriles is 1. The first-order valence-electron chi connectivity index (χ1n) is 14.0. The Kier molecular flexibility index (Phi) is 9.08. The lowest BCUT2D eigenvalue weighted by Crippen LogP contribution is -2.51. The minimum absolute atomic E-state index is 0.0346. The lowest BCUT2D eigenvalue weighted by molar-refractivity contribution is -0.139. The zero-order valence-corrected chi connectivity index (χ0v) is 24.9. The van der Waals surface area contributed by atoms with Crippen LogP contribution in [0.3, 0.4) is 0 Å². The number of aliphatic carboxylic acids is 1. The standard InChI is InChI=1S/C30H30Cl2N6O5/c1-2-17-5-8-38(14-17)30(35-16-33)34-13-23(29(41)42)36-27(39)25-22(31)11-20-15-37(9-6-21(20)26(25)32)28(40)19-4-3-18-7-10-43-24(18)12-19/h3-4,7,10-12,17,23H,2,5-6,8-9,13-15H2,1H3,(H,34,35)(H,36,39)(H,41,42)/t17-,23-/m0/s1. The molecular formula is C30H30Cl2N6O5. The highest BCUT2D eigenvalue weighted by molar-refractivity contribution is 6.40. The molecule has 2 amide bonds. The monoisotopic (exact) mass is 624 g/mol. The van der Waals surface area contributed by atoms with Gasteiger partial charge in [-0.3, -0.25) is 9.59 Å². The van der Waals surface area contributed by atoms with E-state index in [0.29, 0.717) is 54.2 Å². The average molecular weight is 626 g/mol. The highest BCUT2D eigenvalue weighted by Crippen LogP contribution is 2.35. The van der Waals surface area contributed by atoms with Crippen LogP contribution in [0.25, 0.3) is 11.0 Å². The fraction of sp³-hybridized carbons (Fsp3) is 0.367. The van der Waals surface area contributed by atoms with Gasteiger partial charge in [0.15, 0.2) is 0 Å². The van der Waals surface area contributed by atoms with Crippen LogP contribution in [0, 0.1) is 17.4 Å². The number of nitrogens with one attached hydrogen (secondary N) is 2. The van der Waals surface area contributed by atoms with E-state index in [1.54, 1.807) is 35.6 Å². The number of halogens is 2. The van der Waals surface area contributed by atoms with Gasteiger partial charge in [-0.15, -0.1) is 4.99 Å². The van der Waals surface area contributed by atoms with Crippen LogP contribution >= 0.6 is 23.2 Å². The Morgan fingerprint density at radius 3 is 2.74 bits per heavy atom. The van der Waals surface area contributed by atoms with Gasteiger partial charge in [0, 0.05) is 43.7 Å². The van der Waals surface area contributed by atoms with Gasteiger partial charge >= 0.3 is 5.97 Å². The summed E-state index contributed by atoms with van der Waals surface area (Å²) in [5.74, 6) is -1.47. The van der Waals surface area contributed by atoms with Crippen LogP contribution in [0.4, 0.5) is 0 Å². The predicted octanol–water partition coefficient (Wildman–Crippen LogP) is 4.28. The number of furan rings is 1.